The van der Waals surface area contributed by atoms with Crippen LogP contribution in [0.3, 0.4) is 0 Å². The summed E-state index contributed by atoms with van der Waals surface area (Å²) in [6, 6.07) is 0. The Balaban J connectivity index is 2.32. The zero-order chi connectivity index (χ0) is 11.7. The van der Waals surface area contributed by atoms with Crippen molar-refractivity contribution in [3.63, 3.8) is 0 Å². The van der Waals surface area contributed by atoms with Crippen LogP contribution in [-0.2, 0) is 20.4 Å². The fourth-order valence-corrected chi connectivity index (χ4v) is 19.7. The first-order valence-corrected chi connectivity index (χ1v) is 14.6. The molecule has 0 spiro atoms. The monoisotopic (exact) mass is 306 g/mol. The molecule has 0 heterocycles. The van der Waals surface area contributed by atoms with Gasteiger partial charge in [0.2, 0.25) is 0 Å². The van der Waals surface area contributed by atoms with Gasteiger partial charge in [0.15, 0.2) is 0 Å². The van der Waals surface area contributed by atoms with E-state index in [9.17, 15) is 0 Å². The van der Waals surface area contributed by atoms with E-state index in [0.29, 0.717) is 0 Å². The van der Waals surface area contributed by atoms with Gasteiger partial charge in [-0.3, -0.25) is 0 Å². The maximum atomic E-state index is 2.53. The van der Waals surface area contributed by atoms with Crippen LogP contribution in [0.4, 0.5) is 0 Å². The van der Waals surface area contributed by atoms with E-state index in [-0.39, 0.29) is 5.43 Å². The van der Waals surface area contributed by atoms with E-state index >= 15 is 0 Å². The molecular formula is C14H20SiZr. The summed E-state index contributed by atoms with van der Waals surface area (Å²) in [6.45, 7) is 9.64. The van der Waals surface area contributed by atoms with E-state index in [1.807, 2.05) is 6.56 Å². The van der Waals surface area contributed by atoms with Crippen molar-refractivity contribution in [3.05, 3.63) is 42.0 Å². The summed E-state index contributed by atoms with van der Waals surface area (Å²) in [5, 5.41) is 0. The standard InChI is InChI=1S/C7H9.C5H5.C2H6Si.Zr/c1-6-4-3-5-7(6)2;1-2-4-5-3-1;1-3-2;/h4H,5H2,1-2H3;1-3H,4H2;1-2H3;. The van der Waals surface area contributed by atoms with Crippen molar-refractivity contribution in [3.8, 4) is 0 Å². The molecule has 0 aromatic rings. The van der Waals surface area contributed by atoms with Crippen LogP contribution in [0.15, 0.2) is 42.0 Å². The number of hydrogen-bond donors (Lipinski definition) is 0. The molecule has 2 aliphatic carbocycles. The molecule has 2 aliphatic rings. The van der Waals surface area contributed by atoms with Crippen LogP contribution in [0.25, 0.3) is 0 Å². The van der Waals surface area contributed by atoms with Gasteiger partial charge in [0, 0.05) is 0 Å². The minimum absolute atomic E-state index is 0.0918. The van der Waals surface area contributed by atoms with E-state index < -0.39 is 20.4 Å². The predicted octanol–water partition coefficient (Wildman–Crippen LogP) is 4.32. The van der Waals surface area contributed by atoms with Crippen LogP contribution in [0.1, 0.15) is 26.7 Å². The van der Waals surface area contributed by atoms with Crippen LogP contribution < -0.4 is 0 Å². The van der Waals surface area contributed by atoms with Crippen LogP contribution in [-0.4, -0.2) is 5.43 Å². The van der Waals surface area contributed by atoms with Crippen LogP contribution in [0.5, 0.6) is 0 Å². The average molecular weight is 308 g/mol. The topological polar surface area (TPSA) is 0 Å². The van der Waals surface area contributed by atoms with Crippen molar-refractivity contribution >= 4 is 5.43 Å². The summed E-state index contributed by atoms with van der Waals surface area (Å²) < 4.78 is 3.71. The van der Waals surface area contributed by atoms with Crippen molar-refractivity contribution < 1.29 is 20.4 Å². The first-order chi connectivity index (χ1) is 7.59. The van der Waals surface area contributed by atoms with E-state index in [1.54, 1.807) is 11.1 Å². The SMILES string of the molecule is CC1=C(C)C[C]([Zr]([C]2=CC=CC2)=[Si](C)C)=C1. The zero-order valence-electron chi connectivity index (χ0n) is 10.7. The Bertz CT molecular complexity index is 469. The van der Waals surface area contributed by atoms with Crippen molar-refractivity contribution in [2.24, 2.45) is 0 Å². The van der Waals surface area contributed by atoms with Gasteiger partial charge in [0.25, 0.3) is 0 Å². The van der Waals surface area contributed by atoms with Crippen LogP contribution >= 0.6 is 0 Å². The van der Waals surface area contributed by atoms with Gasteiger partial charge in [-0.2, -0.15) is 0 Å². The predicted molar refractivity (Wildman–Crippen MR) is 70.4 cm³/mol. The van der Waals surface area contributed by atoms with E-state index in [2.05, 4.69) is 51.2 Å². The third kappa shape index (κ3) is 2.49. The normalized spacial score (nSPS) is 19.0. The molecule has 0 nitrogen and oxygen atoms in total. The second-order valence-electron chi connectivity index (χ2n) is 5.01. The molecule has 84 valence electrons. The Labute approximate surface area is 107 Å². The third-order valence-electron chi connectivity index (χ3n) is 3.43. The molecule has 0 fully saturated rings. The Morgan fingerprint density at radius 2 is 1.94 bits per heavy atom. The van der Waals surface area contributed by atoms with E-state index in [4.69, 9.17) is 0 Å². The number of rotatable bonds is 2. The molecule has 0 unspecified atom stereocenters. The Morgan fingerprint density at radius 1 is 1.19 bits per heavy atom. The molecule has 0 atom stereocenters. The van der Waals surface area contributed by atoms with Crippen molar-refractivity contribution in [2.45, 2.75) is 39.8 Å². The van der Waals surface area contributed by atoms with Gasteiger partial charge in [-0.1, -0.05) is 0 Å². The first-order valence-electron chi connectivity index (χ1n) is 6.00. The summed E-state index contributed by atoms with van der Waals surface area (Å²) in [6.07, 6.45) is 12.1. The van der Waals surface area contributed by atoms with Gasteiger partial charge in [0.1, 0.15) is 0 Å². The van der Waals surface area contributed by atoms with Gasteiger partial charge in [-0.25, -0.2) is 0 Å². The Hall–Kier alpha value is 0.0600. The molecule has 0 N–H and O–H groups in total. The van der Waals surface area contributed by atoms with Crippen LogP contribution in [0, 0.1) is 0 Å². The van der Waals surface area contributed by atoms with Gasteiger partial charge >= 0.3 is 108 Å². The second-order valence-corrected chi connectivity index (χ2v) is 22.3. The number of hydrogen-bond acceptors (Lipinski definition) is 0. The fourth-order valence-electron chi connectivity index (χ4n) is 2.50. The third-order valence-corrected chi connectivity index (χ3v) is 20.5. The maximum absolute atomic E-state index is 2.53. The van der Waals surface area contributed by atoms with Gasteiger partial charge in [0.05, 0.1) is 0 Å². The van der Waals surface area contributed by atoms with Crippen molar-refractivity contribution in [2.75, 3.05) is 0 Å². The molecule has 0 aliphatic heterocycles. The summed E-state index contributed by atoms with van der Waals surface area (Å²) in [5.41, 5.74) is 3.07. The molecule has 16 heavy (non-hydrogen) atoms. The number of allylic oxidation sites excluding steroid dienone is 8. The summed E-state index contributed by atoms with van der Waals surface area (Å²) >= 11 is -1.40. The summed E-state index contributed by atoms with van der Waals surface area (Å²) in [7, 11) is 0. The first kappa shape index (κ1) is 12.5. The summed E-state index contributed by atoms with van der Waals surface area (Å²) in [4.78, 5) is 0. The minimum atomic E-state index is -1.40. The van der Waals surface area contributed by atoms with Gasteiger partial charge < -0.3 is 0 Å². The summed E-state index contributed by atoms with van der Waals surface area (Å²) in [5.74, 6) is 0. The average Bonchev–Trinajstić information content (AvgIpc) is 2.79. The van der Waals surface area contributed by atoms with E-state index in [0.717, 1.165) is 0 Å². The molecule has 2 rings (SSSR count). The quantitative estimate of drug-likeness (QED) is 0.666. The van der Waals surface area contributed by atoms with Crippen molar-refractivity contribution in [1.29, 1.82) is 0 Å². The molecule has 0 saturated carbocycles. The molecule has 0 radical (unpaired) electrons. The Kier molecular flexibility index (Phi) is 4.02. The fraction of sp³-hybridized carbons (Fsp3) is 0.429. The second kappa shape index (κ2) is 5.14. The Morgan fingerprint density at radius 3 is 2.38 bits per heavy atom. The molecule has 0 amide bonds. The molecule has 2 heteroatoms. The molecule has 0 aromatic heterocycles. The zero-order valence-corrected chi connectivity index (χ0v) is 14.2. The molecule has 0 bridgehead atoms. The van der Waals surface area contributed by atoms with Crippen LogP contribution in [0.2, 0.25) is 13.1 Å². The van der Waals surface area contributed by atoms with Gasteiger partial charge in [-0.15, -0.1) is 0 Å². The molecule has 0 aromatic carbocycles. The molecule has 0 saturated heterocycles. The van der Waals surface area contributed by atoms with Gasteiger partial charge in [-0.05, 0) is 0 Å². The van der Waals surface area contributed by atoms with E-state index in [1.165, 1.54) is 12.8 Å². The van der Waals surface area contributed by atoms with Crippen molar-refractivity contribution in [1.82, 2.24) is 0 Å². The molecular weight excluding hydrogens is 287 g/mol.